The van der Waals surface area contributed by atoms with E-state index in [2.05, 4.69) is 10.6 Å². The number of benzene rings is 1. The largest absolute Gasteiger partial charge is 0.380 e. The molecular formula is C13H18ClN3O3. The molecule has 0 aromatic heterocycles. The number of nitrogens with two attached hydrogens (primary N) is 1. The summed E-state index contributed by atoms with van der Waals surface area (Å²) in [6, 6.07) is 4.81. The summed E-state index contributed by atoms with van der Waals surface area (Å²) in [6.07, 6.45) is -0.207. The highest BCUT2D eigenvalue weighted by Gasteiger charge is 2.13. The number of halogens is 1. The van der Waals surface area contributed by atoms with E-state index in [4.69, 9.17) is 22.1 Å². The second kappa shape index (κ2) is 7.84. The van der Waals surface area contributed by atoms with Crippen LogP contribution in [0.2, 0.25) is 5.02 Å². The predicted molar refractivity (Wildman–Crippen MR) is 78.9 cm³/mol. The summed E-state index contributed by atoms with van der Waals surface area (Å²) in [4.78, 5) is 23.0. The first-order valence-corrected chi connectivity index (χ1v) is 6.44. The SMILES string of the molecule is COC(CN)CC(=O)Nc1ccc(Cl)cc1NC(C)=O. The molecule has 1 rings (SSSR count). The number of hydrogen-bond acceptors (Lipinski definition) is 4. The summed E-state index contributed by atoms with van der Waals surface area (Å²) >= 11 is 5.87. The maximum absolute atomic E-state index is 11.9. The second-order valence-electron chi connectivity index (χ2n) is 4.22. The highest BCUT2D eigenvalue weighted by molar-refractivity contribution is 6.31. The molecule has 0 bridgehead atoms. The fourth-order valence-electron chi connectivity index (χ4n) is 1.59. The number of methoxy groups -OCH3 is 1. The summed E-state index contributed by atoms with van der Waals surface area (Å²) in [7, 11) is 1.50. The Kier molecular flexibility index (Phi) is 6.44. The van der Waals surface area contributed by atoms with Crippen LogP contribution in [0.15, 0.2) is 18.2 Å². The van der Waals surface area contributed by atoms with Crippen LogP contribution >= 0.6 is 11.6 Å². The van der Waals surface area contributed by atoms with E-state index in [-0.39, 0.29) is 30.9 Å². The molecule has 4 N–H and O–H groups in total. The van der Waals surface area contributed by atoms with Gasteiger partial charge in [0.05, 0.1) is 23.9 Å². The van der Waals surface area contributed by atoms with Crippen molar-refractivity contribution in [2.45, 2.75) is 19.4 Å². The Bertz CT molecular complexity index is 490. The van der Waals surface area contributed by atoms with Crippen molar-refractivity contribution in [3.8, 4) is 0 Å². The van der Waals surface area contributed by atoms with Gasteiger partial charge in [-0.1, -0.05) is 11.6 Å². The highest BCUT2D eigenvalue weighted by atomic mass is 35.5. The van der Waals surface area contributed by atoms with Gasteiger partial charge in [-0.2, -0.15) is 0 Å². The van der Waals surface area contributed by atoms with E-state index in [9.17, 15) is 9.59 Å². The van der Waals surface area contributed by atoms with Gasteiger partial charge in [0.15, 0.2) is 0 Å². The molecular weight excluding hydrogens is 282 g/mol. The molecule has 0 spiro atoms. The molecule has 6 nitrogen and oxygen atoms in total. The van der Waals surface area contributed by atoms with Gasteiger partial charge in [0.25, 0.3) is 0 Å². The average Bonchev–Trinajstić information content (AvgIpc) is 2.38. The van der Waals surface area contributed by atoms with Crippen molar-refractivity contribution < 1.29 is 14.3 Å². The predicted octanol–water partition coefficient (Wildman–Crippen LogP) is 1.60. The van der Waals surface area contributed by atoms with Gasteiger partial charge in [-0.05, 0) is 18.2 Å². The number of ether oxygens (including phenoxy) is 1. The summed E-state index contributed by atoms with van der Waals surface area (Å²) in [5, 5.41) is 5.76. The number of hydrogen-bond donors (Lipinski definition) is 3. The maximum atomic E-state index is 11.9. The van der Waals surface area contributed by atoms with E-state index >= 15 is 0 Å². The topological polar surface area (TPSA) is 93.4 Å². The standard InChI is InChI=1S/C13H18ClN3O3/c1-8(18)16-12-5-9(14)3-4-11(12)17-13(19)6-10(7-15)20-2/h3-5,10H,6-7,15H2,1-2H3,(H,16,18)(H,17,19). The Morgan fingerprint density at radius 3 is 2.60 bits per heavy atom. The molecule has 1 aromatic carbocycles. The molecule has 0 saturated heterocycles. The molecule has 7 heteroatoms. The fraction of sp³-hybridized carbons (Fsp3) is 0.385. The van der Waals surface area contributed by atoms with Crippen LogP contribution in [0.1, 0.15) is 13.3 Å². The summed E-state index contributed by atoms with van der Waals surface area (Å²) in [6.45, 7) is 1.63. The molecule has 0 heterocycles. The zero-order valence-corrected chi connectivity index (χ0v) is 12.2. The molecule has 0 aliphatic heterocycles. The van der Waals surface area contributed by atoms with Gasteiger partial charge in [0.2, 0.25) is 11.8 Å². The van der Waals surface area contributed by atoms with Crippen molar-refractivity contribution in [1.82, 2.24) is 0 Å². The quantitative estimate of drug-likeness (QED) is 0.744. The van der Waals surface area contributed by atoms with Crippen LogP contribution in [0.3, 0.4) is 0 Å². The van der Waals surface area contributed by atoms with Crippen LogP contribution in [-0.2, 0) is 14.3 Å². The van der Waals surface area contributed by atoms with Crippen molar-refractivity contribution in [3.63, 3.8) is 0 Å². The molecule has 1 atom stereocenters. The van der Waals surface area contributed by atoms with Crippen molar-refractivity contribution in [2.24, 2.45) is 5.73 Å². The number of carbonyl (C=O) groups excluding carboxylic acids is 2. The summed E-state index contributed by atoms with van der Waals surface area (Å²) in [5.74, 6) is -0.504. The second-order valence-corrected chi connectivity index (χ2v) is 4.65. The molecule has 20 heavy (non-hydrogen) atoms. The molecule has 0 aliphatic rings. The smallest absolute Gasteiger partial charge is 0.227 e. The normalized spacial score (nSPS) is 11.8. The molecule has 0 saturated carbocycles. The van der Waals surface area contributed by atoms with Gasteiger partial charge in [-0.25, -0.2) is 0 Å². The lowest BCUT2D eigenvalue weighted by Gasteiger charge is -2.15. The van der Waals surface area contributed by atoms with Crippen LogP contribution in [0.5, 0.6) is 0 Å². The number of anilines is 2. The molecule has 110 valence electrons. The highest BCUT2D eigenvalue weighted by Crippen LogP contribution is 2.26. The van der Waals surface area contributed by atoms with Gasteiger partial charge < -0.3 is 21.1 Å². The molecule has 0 fully saturated rings. The van der Waals surface area contributed by atoms with Gasteiger partial charge in [0.1, 0.15) is 0 Å². The van der Waals surface area contributed by atoms with Gasteiger partial charge in [-0.3, -0.25) is 9.59 Å². The van der Waals surface area contributed by atoms with E-state index in [1.165, 1.54) is 14.0 Å². The summed E-state index contributed by atoms with van der Waals surface area (Å²) in [5.41, 5.74) is 6.38. The summed E-state index contributed by atoms with van der Waals surface area (Å²) < 4.78 is 5.05. The van der Waals surface area contributed by atoms with Gasteiger partial charge in [0, 0.05) is 25.6 Å². The van der Waals surface area contributed by atoms with Crippen molar-refractivity contribution in [2.75, 3.05) is 24.3 Å². The lowest BCUT2D eigenvalue weighted by molar-refractivity contribution is -0.118. The minimum Gasteiger partial charge on any atom is -0.380 e. The first-order chi connectivity index (χ1) is 9.46. The third-order valence-electron chi connectivity index (χ3n) is 2.58. The van der Waals surface area contributed by atoms with E-state index in [1.807, 2.05) is 0 Å². The zero-order chi connectivity index (χ0) is 15.1. The Hall–Kier alpha value is -1.63. The Morgan fingerprint density at radius 2 is 2.05 bits per heavy atom. The fourth-order valence-corrected chi connectivity index (χ4v) is 1.76. The Balaban J connectivity index is 2.80. The van der Waals surface area contributed by atoms with E-state index in [1.54, 1.807) is 18.2 Å². The molecule has 1 unspecified atom stereocenters. The van der Waals surface area contributed by atoms with Crippen molar-refractivity contribution in [1.29, 1.82) is 0 Å². The maximum Gasteiger partial charge on any atom is 0.227 e. The van der Waals surface area contributed by atoms with Crippen LogP contribution < -0.4 is 16.4 Å². The third-order valence-corrected chi connectivity index (χ3v) is 2.81. The van der Waals surface area contributed by atoms with E-state index < -0.39 is 0 Å². The minimum absolute atomic E-state index is 0.134. The first kappa shape index (κ1) is 16.4. The number of amides is 2. The van der Waals surface area contributed by atoms with Crippen molar-refractivity contribution >= 4 is 34.8 Å². The minimum atomic E-state index is -0.341. The van der Waals surface area contributed by atoms with Crippen molar-refractivity contribution in [3.05, 3.63) is 23.2 Å². The molecule has 1 aromatic rings. The molecule has 2 amide bonds. The average molecular weight is 300 g/mol. The molecule has 0 aliphatic carbocycles. The molecule has 0 radical (unpaired) electrons. The Labute approximate surface area is 122 Å². The number of nitrogens with one attached hydrogen (secondary N) is 2. The number of rotatable bonds is 6. The lowest BCUT2D eigenvalue weighted by Crippen LogP contribution is -2.28. The first-order valence-electron chi connectivity index (χ1n) is 6.06. The van der Waals surface area contributed by atoms with Gasteiger partial charge >= 0.3 is 0 Å². The van der Waals surface area contributed by atoms with E-state index in [0.29, 0.717) is 16.4 Å². The van der Waals surface area contributed by atoms with E-state index in [0.717, 1.165) is 0 Å². The van der Waals surface area contributed by atoms with Crippen LogP contribution in [-0.4, -0.2) is 31.6 Å². The monoisotopic (exact) mass is 299 g/mol. The number of carbonyl (C=O) groups is 2. The van der Waals surface area contributed by atoms with Gasteiger partial charge in [-0.15, -0.1) is 0 Å². The van der Waals surface area contributed by atoms with Crippen LogP contribution in [0, 0.1) is 0 Å². The lowest BCUT2D eigenvalue weighted by atomic mass is 10.2. The zero-order valence-electron chi connectivity index (χ0n) is 11.4. The Morgan fingerprint density at radius 1 is 1.35 bits per heavy atom. The van der Waals surface area contributed by atoms with Crippen LogP contribution in [0.4, 0.5) is 11.4 Å². The third kappa shape index (κ3) is 5.16. The van der Waals surface area contributed by atoms with Crippen LogP contribution in [0.25, 0.3) is 0 Å².